The number of amides is 1. The molecule has 0 radical (unpaired) electrons. The lowest BCUT2D eigenvalue weighted by Gasteiger charge is -2.27. The van der Waals surface area contributed by atoms with Crippen molar-refractivity contribution in [2.45, 2.75) is 25.4 Å². The van der Waals surface area contributed by atoms with Crippen LogP contribution in [0.25, 0.3) is 0 Å². The Hall–Kier alpha value is -2.68. The molecular formula is C14H16N4O5. The Morgan fingerprint density at radius 1 is 1.39 bits per heavy atom. The Kier molecular flexibility index (Phi) is 3.87. The van der Waals surface area contributed by atoms with Gasteiger partial charge in [0.15, 0.2) is 0 Å². The molecule has 2 aliphatic heterocycles. The summed E-state index contributed by atoms with van der Waals surface area (Å²) < 4.78 is 0. The maximum absolute atomic E-state index is 11.8. The Morgan fingerprint density at radius 3 is 2.70 bits per heavy atom. The molecule has 1 amide bonds. The highest BCUT2D eigenvalue weighted by atomic mass is 16.6. The largest absolute Gasteiger partial charge is 0.479 e. The molecule has 2 heterocycles. The van der Waals surface area contributed by atoms with Crippen LogP contribution in [0.4, 0.5) is 17.1 Å². The zero-order valence-electron chi connectivity index (χ0n) is 12.2. The number of non-ortho nitro benzene ring substituents is 1. The van der Waals surface area contributed by atoms with Gasteiger partial charge in [0.25, 0.3) is 11.6 Å². The van der Waals surface area contributed by atoms with Crippen molar-refractivity contribution in [1.82, 2.24) is 4.90 Å². The molecule has 0 aromatic heterocycles. The summed E-state index contributed by atoms with van der Waals surface area (Å²) in [6, 6.07) is 1.27. The van der Waals surface area contributed by atoms with Crippen LogP contribution in [0.5, 0.6) is 0 Å². The quantitative estimate of drug-likeness (QED) is 0.429. The Bertz CT molecular complexity index is 684. The normalized spacial score (nSPS) is 20.5. The van der Waals surface area contributed by atoms with Crippen LogP contribution in [-0.4, -0.2) is 45.9 Å². The number of nitrogens with one attached hydrogen (secondary N) is 2. The summed E-state index contributed by atoms with van der Waals surface area (Å²) >= 11 is 0. The molecule has 1 atom stereocenters. The van der Waals surface area contributed by atoms with Crippen molar-refractivity contribution in [2.24, 2.45) is 0 Å². The van der Waals surface area contributed by atoms with Gasteiger partial charge >= 0.3 is 5.97 Å². The van der Waals surface area contributed by atoms with Gasteiger partial charge in [-0.05, 0) is 31.5 Å². The molecule has 122 valence electrons. The number of anilines is 2. The fraction of sp³-hybridized carbons (Fsp3) is 0.429. The van der Waals surface area contributed by atoms with Crippen LogP contribution in [0, 0.1) is 10.1 Å². The molecule has 0 bridgehead atoms. The number of aliphatic carboxylic acids is 1. The molecule has 1 saturated heterocycles. The molecule has 1 aromatic rings. The van der Waals surface area contributed by atoms with Gasteiger partial charge in [-0.3, -0.25) is 19.8 Å². The first-order valence-electron chi connectivity index (χ1n) is 7.29. The molecule has 1 fully saturated rings. The van der Waals surface area contributed by atoms with Crippen LogP contribution in [0.2, 0.25) is 0 Å². The number of hydrogen-bond acceptors (Lipinski definition) is 6. The van der Waals surface area contributed by atoms with E-state index in [1.54, 1.807) is 0 Å². The number of carboxylic acid groups (broad SMARTS) is 1. The van der Waals surface area contributed by atoms with Gasteiger partial charge in [-0.2, -0.15) is 0 Å². The Morgan fingerprint density at radius 2 is 2.09 bits per heavy atom. The number of rotatable bonds is 4. The SMILES string of the molecule is O=C(O)C1Nc2c(CN3CCCC3)cc([N+](=O)[O-])cc2NC1=O. The Balaban J connectivity index is 2.00. The smallest absolute Gasteiger partial charge is 0.336 e. The number of likely N-dealkylation sites (tertiary alicyclic amines) is 1. The number of nitrogens with zero attached hydrogens (tertiary/aromatic N) is 2. The maximum Gasteiger partial charge on any atom is 0.336 e. The van der Waals surface area contributed by atoms with Crippen molar-refractivity contribution in [2.75, 3.05) is 23.7 Å². The van der Waals surface area contributed by atoms with Gasteiger partial charge in [0.1, 0.15) is 0 Å². The summed E-state index contributed by atoms with van der Waals surface area (Å²) in [6.45, 7) is 2.26. The number of benzene rings is 1. The minimum absolute atomic E-state index is 0.131. The first-order chi connectivity index (χ1) is 11.0. The van der Waals surface area contributed by atoms with E-state index in [9.17, 15) is 19.7 Å². The van der Waals surface area contributed by atoms with Gasteiger partial charge in [0.2, 0.25) is 6.04 Å². The van der Waals surface area contributed by atoms with Crippen LogP contribution >= 0.6 is 0 Å². The first-order valence-corrected chi connectivity index (χ1v) is 7.29. The van der Waals surface area contributed by atoms with E-state index in [1.165, 1.54) is 12.1 Å². The van der Waals surface area contributed by atoms with Gasteiger partial charge in [-0.15, -0.1) is 0 Å². The van der Waals surface area contributed by atoms with Gasteiger partial charge in [0, 0.05) is 18.7 Å². The second kappa shape index (κ2) is 5.84. The van der Waals surface area contributed by atoms with Crippen molar-refractivity contribution < 1.29 is 19.6 Å². The number of hydrogen-bond donors (Lipinski definition) is 3. The molecule has 0 saturated carbocycles. The fourth-order valence-corrected chi connectivity index (χ4v) is 2.95. The highest BCUT2D eigenvalue weighted by Crippen LogP contribution is 2.36. The lowest BCUT2D eigenvalue weighted by atomic mass is 10.0. The van der Waals surface area contributed by atoms with Crippen molar-refractivity contribution in [3.05, 3.63) is 27.8 Å². The summed E-state index contributed by atoms with van der Waals surface area (Å²) in [4.78, 5) is 35.7. The van der Waals surface area contributed by atoms with E-state index in [4.69, 9.17) is 5.11 Å². The molecule has 3 N–H and O–H groups in total. The maximum atomic E-state index is 11.8. The molecular weight excluding hydrogens is 304 g/mol. The second-order valence-corrected chi connectivity index (χ2v) is 5.67. The van der Waals surface area contributed by atoms with Crippen molar-refractivity contribution >= 4 is 28.9 Å². The summed E-state index contributed by atoms with van der Waals surface area (Å²) in [5.41, 5.74) is 1.17. The first kappa shape index (κ1) is 15.2. The third-order valence-electron chi connectivity index (χ3n) is 4.06. The minimum atomic E-state index is -1.40. The summed E-state index contributed by atoms with van der Waals surface area (Å²) in [5, 5.41) is 25.3. The molecule has 9 heteroatoms. The van der Waals surface area contributed by atoms with Crippen LogP contribution in [0.15, 0.2) is 12.1 Å². The second-order valence-electron chi connectivity index (χ2n) is 5.67. The van der Waals surface area contributed by atoms with Crippen LogP contribution in [0.1, 0.15) is 18.4 Å². The fourth-order valence-electron chi connectivity index (χ4n) is 2.95. The third kappa shape index (κ3) is 2.95. The monoisotopic (exact) mass is 320 g/mol. The van der Waals surface area contributed by atoms with E-state index in [0.717, 1.165) is 25.9 Å². The van der Waals surface area contributed by atoms with Gasteiger partial charge in [0.05, 0.1) is 16.3 Å². The molecule has 1 aromatic carbocycles. The number of nitro benzene ring substituents is 1. The summed E-state index contributed by atoms with van der Waals surface area (Å²) in [6.07, 6.45) is 2.14. The zero-order valence-corrected chi connectivity index (χ0v) is 12.2. The van der Waals surface area contributed by atoms with E-state index in [-0.39, 0.29) is 11.4 Å². The highest BCUT2D eigenvalue weighted by molar-refractivity contribution is 6.14. The summed E-state index contributed by atoms with van der Waals surface area (Å²) in [5.74, 6) is -2.03. The minimum Gasteiger partial charge on any atom is -0.479 e. The lowest BCUT2D eigenvalue weighted by molar-refractivity contribution is -0.384. The molecule has 0 aliphatic carbocycles. The Labute approximate surface area is 131 Å². The topological polar surface area (TPSA) is 125 Å². The van der Waals surface area contributed by atoms with Crippen molar-refractivity contribution in [1.29, 1.82) is 0 Å². The third-order valence-corrected chi connectivity index (χ3v) is 4.06. The molecule has 1 unspecified atom stereocenters. The van der Waals surface area contributed by atoms with Gasteiger partial charge in [-0.25, -0.2) is 4.79 Å². The van der Waals surface area contributed by atoms with E-state index in [2.05, 4.69) is 15.5 Å². The number of carbonyl (C=O) groups excluding carboxylic acids is 1. The van der Waals surface area contributed by atoms with Crippen LogP contribution in [0.3, 0.4) is 0 Å². The highest BCUT2D eigenvalue weighted by Gasteiger charge is 2.34. The molecule has 0 spiro atoms. The molecule has 9 nitrogen and oxygen atoms in total. The summed E-state index contributed by atoms with van der Waals surface area (Å²) in [7, 11) is 0. The predicted octanol–water partition coefficient (Wildman–Crippen LogP) is 1.01. The van der Waals surface area contributed by atoms with E-state index < -0.39 is 22.8 Å². The van der Waals surface area contributed by atoms with Crippen molar-refractivity contribution in [3.63, 3.8) is 0 Å². The average molecular weight is 320 g/mol. The predicted molar refractivity (Wildman–Crippen MR) is 81.3 cm³/mol. The zero-order chi connectivity index (χ0) is 16.6. The lowest BCUT2D eigenvalue weighted by Crippen LogP contribution is -2.45. The molecule has 2 aliphatic rings. The molecule has 3 rings (SSSR count). The van der Waals surface area contributed by atoms with Gasteiger partial charge in [-0.1, -0.05) is 0 Å². The number of nitro groups is 1. The van der Waals surface area contributed by atoms with E-state index >= 15 is 0 Å². The van der Waals surface area contributed by atoms with Crippen LogP contribution < -0.4 is 10.6 Å². The van der Waals surface area contributed by atoms with E-state index in [1.807, 2.05) is 0 Å². The van der Waals surface area contributed by atoms with Gasteiger partial charge < -0.3 is 15.7 Å². The van der Waals surface area contributed by atoms with E-state index in [0.29, 0.717) is 17.8 Å². The standard InChI is InChI=1S/C14H16N4O5/c19-13-12(14(20)21)16-11-8(7-17-3-1-2-4-17)5-9(18(22)23)6-10(11)15-13/h5-6,12,16H,1-4,7H2,(H,15,19)(H,20,21). The van der Waals surface area contributed by atoms with Crippen molar-refractivity contribution in [3.8, 4) is 0 Å². The number of carbonyl (C=O) groups is 2. The van der Waals surface area contributed by atoms with Crippen LogP contribution in [-0.2, 0) is 16.1 Å². The average Bonchev–Trinajstić information content (AvgIpc) is 2.98. The number of carboxylic acids is 1. The molecule has 23 heavy (non-hydrogen) atoms. The number of fused-ring (bicyclic) bond motifs is 1.